The summed E-state index contributed by atoms with van der Waals surface area (Å²) in [5.41, 5.74) is 5.33. The molecule has 1 aromatic carbocycles. The molecule has 11 heteroatoms. The number of anilines is 2. The number of piperazine rings is 1. The Balaban J connectivity index is 1.01. The summed E-state index contributed by atoms with van der Waals surface area (Å²) < 4.78 is 0. The Morgan fingerprint density at radius 1 is 1.02 bits per heavy atom. The van der Waals surface area contributed by atoms with Crippen LogP contribution in [0.15, 0.2) is 41.3 Å². The number of carbonyl (C=O) groups excluding carboxylic acids is 2. The van der Waals surface area contributed by atoms with Crippen molar-refractivity contribution in [2.75, 3.05) is 36.4 Å². The van der Waals surface area contributed by atoms with Gasteiger partial charge in [-0.15, -0.1) is 0 Å². The molecule has 3 atom stereocenters. The zero-order valence-electron chi connectivity index (χ0n) is 31.6. The van der Waals surface area contributed by atoms with E-state index in [-0.39, 0.29) is 35.9 Å². The second-order valence-corrected chi connectivity index (χ2v) is 16.5. The summed E-state index contributed by atoms with van der Waals surface area (Å²) in [4.78, 5) is 51.6. The van der Waals surface area contributed by atoms with Gasteiger partial charge in [-0.25, -0.2) is 4.98 Å². The summed E-state index contributed by atoms with van der Waals surface area (Å²) in [5.74, 6) is 2.87. The number of amides is 2. The van der Waals surface area contributed by atoms with Crippen molar-refractivity contribution in [1.82, 2.24) is 20.2 Å². The maximum absolute atomic E-state index is 13.6. The quantitative estimate of drug-likeness (QED) is 0.130. The zero-order chi connectivity index (χ0) is 37.4. The highest BCUT2D eigenvalue weighted by Crippen LogP contribution is 2.67. The fraction of sp³-hybridized carbons (Fsp3) is 0.524. The maximum atomic E-state index is 13.6. The lowest BCUT2D eigenvalue weighted by molar-refractivity contribution is -0.133. The summed E-state index contributed by atoms with van der Waals surface area (Å²) >= 11 is 0. The summed E-state index contributed by atoms with van der Waals surface area (Å²) in [6, 6.07) is 9.62. The molecule has 8 rings (SSSR count). The lowest BCUT2D eigenvalue weighted by Gasteiger charge is -2.37. The minimum atomic E-state index is -0.379. The van der Waals surface area contributed by atoms with Crippen LogP contribution in [0.3, 0.4) is 0 Å². The second kappa shape index (κ2) is 14.9. The number of nitrogens with zero attached hydrogens (tertiary/aromatic N) is 3. The smallest absolute Gasteiger partial charge is 0.253 e. The second-order valence-electron chi connectivity index (χ2n) is 16.5. The van der Waals surface area contributed by atoms with Gasteiger partial charge in [0.2, 0.25) is 5.91 Å². The van der Waals surface area contributed by atoms with Crippen LogP contribution < -0.4 is 21.1 Å². The fourth-order valence-corrected chi connectivity index (χ4v) is 10.2. The van der Waals surface area contributed by atoms with E-state index in [9.17, 15) is 14.4 Å². The Hall–Kier alpha value is -4.80. The van der Waals surface area contributed by atoms with Crippen molar-refractivity contribution in [3.05, 3.63) is 74.8 Å². The number of rotatable bonds is 13. The molecule has 4 saturated carbocycles. The molecule has 5 aliphatic rings. The average molecular weight is 719 g/mol. The van der Waals surface area contributed by atoms with Gasteiger partial charge >= 0.3 is 0 Å². The van der Waals surface area contributed by atoms with Crippen LogP contribution in [-0.2, 0) is 11.3 Å². The molecular weight excluding hydrogens is 665 g/mol. The molecule has 53 heavy (non-hydrogen) atoms. The first kappa shape index (κ1) is 36.6. The van der Waals surface area contributed by atoms with Crippen LogP contribution in [0.1, 0.15) is 91.5 Å². The molecule has 5 N–H and O–H groups in total. The SMILES string of the molecule is Cc1cc(C)c(CNC(=O)c2cc(-c3ccc(N4CCN(C(=O)[C@H](C=N)CCC56CC7CC(CC5C7)C6)CC4)nc3)cc(NC(C)C)c2C=N)c(=O)[nH]1. The molecular formula is C42H54N8O3. The summed E-state index contributed by atoms with van der Waals surface area (Å²) in [6.07, 6.45) is 13.2. The van der Waals surface area contributed by atoms with Gasteiger partial charge in [0.1, 0.15) is 5.82 Å². The summed E-state index contributed by atoms with van der Waals surface area (Å²) in [5, 5.41) is 22.6. The molecule has 0 spiro atoms. The third-order valence-electron chi connectivity index (χ3n) is 12.6. The van der Waals surface area contributed by atoms with Gasteiger partial charge in [0.15, 0.2) is 0 Å². The van der Waals surface area contributed by atoms with E-state index >= 15 is 0 Å². The van der Waals surface area contributed by atoms with Crippen molar-refractivity contribution in [3.8, 4) is 11.1 Å². The Morgan fingerprint density at radius 3 is 2.38 bits per heavy atom. The van der Waals surface area contributed by atoms with Gasteiger partial charge in [0.05, 0.1) is 11.5 Å². The highest BCUT2D eigenvalue weighted by molar-refractivity contribution is 6.06. The van der Waals surface area contributed by atoms with Crippen molar-refractivity contribution in [1.29, 1.82) is 10.8 Å². The lowest BCUT2D eigenvalue weighted by Crippen LogP contribution is -2.51. The maximum Gasteiger partial charge on any atom is 0.253 e. The Bertz CT molecular complexity index is 1930. The minimum Gasteiger partial charge on any atom is -0.382 e. The number of hydrogen-bond donors (Lipinski definition) is 5. The predicted molar refractivity (Wildman–Crippen MR) is 210 cm³/mol. The number of H-pyrrole nitrogens is 1. The largest absolute Gasteiger partial charge is 0.382 e. The van der Waals surface area contributed by atoms with Gasteiger partial charge in [0, 0.05) is 85.5 Å². The number of pyridine rings is 2. The van der Waals surface area contributed by atoms with Crippen molar-refractivity contribution in [3.63, 3.8) is 0 Å². The number of hydrogen-bond acceptors (Lipinski definition) is 8. The van der Waals surface area contributed by atoms with Crippen LogP contribution in [0.4, 0.5) is 11.5 Å². The number of aryl methyl sites for hydroxylation is 2. The van der Waals surface area contributed by atoms with Gasteiger partial charge in [-0.2, -0.15) is 0 Å². The van der Waals surface area contributed by atoms with E-state index in [1.165, 1.54) is 44.5 Å². The number of nitrogens with one attached hydrogen (secondary N) is 5. The first-order chi connectivity index (χ1) is 25.5. The van der Waals surface area contributed by atoms with Gasteiger partial charge < -0.3 is 36.2 Å². The normalized spacial score (nSPS) is 23.7. The Morgan fingerprint density at radius 2 is 1.75 bits per heavy atom. The lowest BCUT2D eigenvalue weighted by atomic mass is 9.72. The van der Waals surface area contributed by atoms with Crippen LogP contribution >= 0.6 is 0 Å². The van der Waals surface area contributed by atoms with E-state index in [0.29, 0.717) is 54.0 Å². The monoisotopic (exact) mass is 718 g/mol. The third-order valence-corrected chi connectivity index (χ3v) is 12.6. The van der Waals surface area contributed by atoms with Crippen LogP contribution in [0.25, 0.3) is 11.1 Å². The summed E-state index contributed by atoms with van der Waals surface area (Å²) in [7, 11) is 0. The first-order valence-electron chi connectivity index (χ1n) is 19.4. The number of aromatic nitrogens is 2. The summed E-state index contributed by atoms with van der Waals surface area (Å²) in [6.45, 7) is 10.3. The van der Waals surface area contributed by atoms with Gasteiger partial charge in [-0.05, 0) is 137 Å². The van der Waals surface area contributed by atoms with E-state index in [2.05, 4.69) is 20.5 Å². The van der Waals surface area contributed by atoms with E-state index in [1.54, 1.807) is 12.3 Å². The number of carbonyl (C=O) groups is 2. The topological polar surface area (TPSA) is 158 Å². The van der Waals surface area contributed by atoms with Crippen molar-refractivity contribution in [2.24, 2.45) is 29.1 Å². The van der Waals surface area contributed by atoms with Crippen LogP contribution in [0.2, 0.25) is 0 Å². The van der Waals surface area contributed by atoms with Gasteiger partial charge in [-0.1, -0.05) is 0 Å². The molecule has 2 aromatic heterocycles. The van der Waals surface area contributed by atoms with Crippen LogP contribution in [0.5, 0.6) is 0 Å². The molecule has 4 bridgehead atoms. The van der Waals surface area contributed by atoms with Crippen molar-refractivity contribution >= 4 is 35.7 Å². The van der Waals surface area contributed by atoms with E-state index in [1.807, 2.05) is 56.9 Å². The average Bonchev–Trinajstić information content (AvgIpc) is 3.53. The molecule has 3 aromatic rings. The molecule has 280 valence electrons. The Labute approximate surface area is 312 Å². The molecule has 4 aliphatic carbocycles. The van der Waals surface area contributed by atoms with E-state index in [4.69, 9.17) is 15.8 Å². The van der Waals surface area contributed by atoms with Gasteiger partial charge in [-0.3, -0.25) is 14.4 Å². The fourth-order valence-electron chi connectivity index (χ4n) is 10.2. The molecule has 5 fully saturated rings. The molecule has 11 nitrogen and oxygen atoms in total. The number of aromatic amines is 1. The molecule has 1 saturated heterocycles. The first-order valence-corrected chi connectivity index (χ1v) is 19.4. The predicted octanol–water partition coefficient (Wildman–Crippen LogP) is 6.32. The van der Waals surface area contributed by atoms with Crippen LogP contribution in [0, 0.1) is 53.8 Å². The minimum absolute atomic E-state index is 0.0612. The molecule has 1 aliphatic heterocycles. The standard InChI is InChI=1S/C42H54N8O3/c1-25(2)47-37-18-32(17-34(35(37)22-44)39(51)46-24-36-26(3)13-27(4)48-40(36)52)31-5-6-38(45-23-31)49-9-11-50(12-10-49)41(53)30(21-43)7-8-42-19-28-14-29(20-42)16-33(42)15-28/h5-6,13,17-18,21-23,25,28-30,33,43-44,47H,7-12,14-16,19-20,24H2,1-4H3,(H,46,51)(H,48,52)/t28?,29?,30-,33?,42?/m0/s1. The molecule has 3 heterocycles. The zero-order valence-corrected chi connectivity index (χ0v) is 31.6. The highest BCUT2D eigenvalue weighted by Gasteiger charge is 2.57. The number of benzene rings is 1. The molecule has 0 radical (unpaired) electrons. The van der Waals surface area contributed by atoms with E-state index in [0.717, 1.165) is 58.8 Å². The van der Waals surface area contributed by atoms with Crippen molar-refractivity contribution < 1.29 is 9.59 Å². The molecule has 2 amide bonds. The third kappa shape index (κ3) is 7.39. The Kier molecular flexibility index (Phi) is 10.3. The van der Waals surface area contributed by atoms with Crippen LogP contribution in [-0.4, -0.2) is 71.3 Å². The van der Waals surface area contributed by atoms with Gasteiger partial charge in [0.25, 0.3) is 11.5 Å². The van der Waals surface area contributed by atoms with Crippen molar-refractivity contribution in [2.45, 2.75) is 85.2 Å². The highest BCUT2D eigenvalue weighted by atomic mass is 16.2. The molecule has 2 unspecified atom stereocenters. The van der Waals surface area contributed by atoms with E-state index < -0.39 is 0 Å².